The van der Waals surface area contributed by atoms with E-state index >= 15 is 0 Å². The molecule has 4 nitrogen and oxygen atoms in total. The van der Waals surface area contributed by atoms with Crippen molar-refractivity contribution in [2.45, 2.75) is 29.2 Å². The molecule has 2 rings (SSSR count). The lowest BCUT2D eigenvalue weighted by atomic mass is 10.3. The van der Waals surface area contributed by atoms with Gasteiger partial charge in [0.25, 0.3) is 0 Å². The van der Waals surface area contributed by atoms with E-state index in [9.17, 15) is 22.5 Å². The van der Waals surface area contributed by atoms with Crippen molar-refractivity contribution in [2.75, 3.05) is 5.73 Å². The zero-order chi connectivity index (χ0) is 14.3. The number of rotatable bonds is 2. The fourth-order valence-corrected chi connectivity index (χ4v) is 4.22. The Kier molecular flexibility index (Phi) is 3.40. The molecule has 106 valence electrons. The summed E-state index contributed by atoms with van der Waals surface area (Å²) in [6, 6.07) is 5.79. The molecule has 1 aromatic rings. The molecule has 1 aromatic carbocycles. The maximum Gasteiger partial charge on any atom is 0.474 e. The first kappa shape index (κ1) is 14.0. The highest BCUT2D eigenvalue weighted by Crippen LogP contribution is 2.40. The quantitative estimate of drug-likeness (QED) is 0.579. The maximum absolute atomic E-state index is 12.3. The molecule has 0 bridgehead atoms. The van der Waals surface area contributed by atoms with E-state index in [2.05, 4.69) is 4.36 Å². The highest BCUT2D eigenvalue weighted by molar-refractivity contribution is 8.01. The van der Waals surface area contributed by atoms with Crippen LogP contribution in [0.15, 0.2) is 33.5 Å². The number of halogens is 3. The van der Waals surface area contributed by atoms with Gasteiger partial charge in [0.2, 0.25) is 0 Å². The molecule has 0 aromatic heterocycles. The first-order chi connectivity index (χ1) is 8.73. The Bertz CT molecular complexity index is 550. The van der Waals surface area contributed by atoms with Crippen LogP contribution in [-0.2, 0) is 14.9 Å². The van der Waals surface area contributed by atoms with Crippen molar-refractivity contribution in [3.8, 4) is 0 Å². The fraction of sp³-hybridized carbons (Fsp3) is 0.364. The Labute approximate surface area is 108 Å². The topological polar surface area (TPSA) is 75.7 Å². The molecular weight excluding hydrogens is 281 g/mol. The van der Waals surface area contributed by atoms with Crippen LogP contribution in [0.3, 0.4) is 0 Å². The number of carbonyl (C=O) groups is 1. The summed E-state index contributed by atoms with van der Waals surface area (Å²) >= 11 is 0. The standard InChI is InChI=1S/C11H13F3N2O2S/c12-11(13,14)10(17)16-19(18,9-5-6-9)8-3-1-7(15)2-4-8/h1-4,9,19H,5-6,15H2,(H,16,17,18). The third kappa shape index (κ3) is 2.95. The maximum atomic E-state index is 12.3. The van der Waals surface area contributed by atoms with Crippen LogP contribution in [0.2, 0.25) is 0 Å². The second-order valence-corrected chi connectivity index (χ2v) is 7.12. The summed E-state index contributed by atoms with van der Waals surface area (Å²) in [4.78, 5) is 11.3. The van der Waals surface area contributed by atoms with Crippen LogP contribution in [0, 0.1) is 0 Å². The summed E-state index contributed by atoms with van der Waals surface area (Å²) in [5.41, 5.74) is 5.91. The van der Waals surface area contributed by atoms with E-state index in [1.165, 1.54) is 24.3 Å². The molecule has 0 atom stereocenters. The van der Waals surface area contributed by atoms with Crippen LogP contribution in [0.4, 0.5) is 18.9 Å². The number of benzene rings is 1. The predicted molar refractivity (Wildman–Crippen MR) is 67.0 cm³/mol. The molecule has 19 heavy (non-hydrogen) atoms. The Morgan fingerprint density at radius 2 is 1.84 bits per heavy atom. The highest BCUT2D eigenvalue weighted by Gasteiger charge is 2.42. The van der Waals surface area contributed by atoms with Crippen LogP contribution in [-0.4, -0.2) is 21.9 Å². The van der Waals surface area contributed by atoms with Gasteiger partial charge >= 0.3 is 12.1 Å². The van der Waals surface area contributed by atoms with E-state index in [1.54, 1.807) is 0 Å². The van der Waals surface area contributed by atoms with Gasteiger partial charge in [0.1, 0.15) is 0 Å². The minimum Gasteiger partial charge on any atom is -0.399 e. The van der Waals surface area contributed by atoms with Gasteiger partial charge in [-0.25, -0.2) is 0 Å². The van der Waals surface area contributed by atoms with Crippen molar-refractivity contribution in [1.29, 1.82) is 0 Å². The highest BCUT2D eigenvalue weighted by atomic mass is 32.3. The fourth-order valence-electron chi connectivity index (χ4n) is 1.67. The van der Waals surface area contributed by atoms with E-state index < -0.39 is 22.2 Å². The van der Waals surface area contributed by atoms with E-state index in [0.717, 1.165) is 0 Å². The third-order valence-electron chi connectivity index (χ3n) is 2.81. The Balaban J connectivity index is 2.46. The normalized spacial score (nSPS) is 17.1. The van der Waals surface area contributed by atoms with Crippen LogP contribution in [0.1, 0.15) is 12.8 Å². The number of hydrogen-bond donors (Lipinski definition) is 3. The lowest BCUT2D eigenvalue weighted by Gasteiger charge is -2.24. The zero-order valence-corrected chi connectivity index (χ0v) is 10.7. The molecule has 0 radical (unpaired) electrons. The molecule has 0 aliphatic heterocycles. The van der Waals surface area contributed by atoms with Crippen molar-refractivity contribution in [1.82, 2.24) is 0 Å². The summed E-state index contributed by atoms with van der Waals surface area (Å²) in [6.45, 7) is 0. The van der Waals surface area contributed by atoms with Crippen molar-refractivity contribution < 1.29 is 22.5 Å². The predicted octanol–water partition coefficient (Wildman–Crippen LogP) is 2.42. The molecule has 0 unspecified atom stereocenters. The Morgan fingerprint density at radius 1 is 1.32 bits per heavy atom. The number of nitrogens with zero attached hydrogens (tertiary/aromatic N) is 1. The van der Waals surface area contributed by atoms with E-state index in [4.69, 9.17) is 5.73 Å². The molecule has 1 saturated carbocycles. The largest absolute Gasteiger partial charge is 0.474 e. The summed E-state index contributed by atoms with van der Waals surface area (Å²) < 4.78 is 50.4. The molecule has 0 heterocycles. The lowest BCUT2D eigenvalue weighted by Crippen LogP contribution is -2.26. The summed E-state index contributed by atoms with van der Waals surface area (Å²) in [7, 11) is -3.46. The van der Waals surface area contributed by atoms with Crippen LogP contribution >= 0.6 is 0 Å². The molecule has 1 fully saturated rings. The van der Waals surface area contributed by atoms with Crippen molar-refractivity contribution in [3.05, 3.63) is 24.3 Å². The molecular formula is C11H13F3N2O2S. The van der Waals surface area contributed by atoms with Crippen molar-refractivity contribution >= 4 is 21.7 Å². The minimum absolute atomic E-state index is 0.252. The molecule has 0 spiro atoms. The van der Waals surface area contributed by atoms with Gasteiger partial charge in [-0.15, -0.1) is 0 Å². The van der Waals surface area contributed by atoms with Gasteiger partial charge < -0.3 is 10.3 Å². The number of amides is 1. The van der Waals surface area contributed by atoms with Crippen LogP contribution < -0.4 is 5.73 Å². The molecule has 1 aliphatic rings. The summed E-state index contributed by atoms with van der Waals surface area (Å²) in [6.07, 6.45) is -3.91. The summed E-state index contributed by atoms with van der Waals surface area (Å²) in [5.74, 6) is -2.23. The number of alkyl halides is 3. The lowest BCUT2D eigenvalue weighted by molar-refractivity contribution is -0.169. The number of nitrogen functional groups attached to an aromatic ring is 1. The first-order valence-electron chi connectivity index (χ1n) is 5.55. The van der Waals surface area contributed by atoms with Crippen LogP contribution in [0.5, 0.6) is 0 Å². The average molecular weight is 294 g/mol. The molecule has 1 aliphatic carbocycles. The van der Waals surface area contributed by atoms with Crippen molar-refractivity contribution in [2.24, 2.45) is 4.36 Å². The average Bonchev–Trinajstić information content (AvgIpc) is 3.12. The summed E-state index contributed by atoms with van der Waals surface area (Å²) in [5, 5.41) is -0.359. The minimum atomic E-state index is -5.06. The van der Waals surface area contributed by atoms with Crippen LogP contribution in [0.25, 0.3) is 0 Å². The Hall–Kier alpha value is -1.41. The number of carbonyl (C=O) groups excluding carboxylic acids is 1. The first-order valence-corrected chi connectivity index (χ1v) is 7.32. The van der Waals surface area contributed by atoms with Gasteiger partial charge in [0.15, 0.2) is 0 Å². The van der Waals surface area contributed by atoms with E-state index in [-0.39, 0.29) is 10.1 Å². The third-order valence-corrected chi connectivity index (χ3v) is 5.89. The number of thiol groups is 1. The molecule has 3 N–H and O–H groups in total. The Morgan fingerprint density at radius 3 is 2.26 bits per heavy atom. The molecule has 1 amide bonds. The smallest absolute Gasteiger partial charge is 0.399 e. The van der Waals surface area contributed by atoms with Gasteiger partial charge in [-0.2, -0.15) is 17.5 Å². The van der Waals surface area contributed by atoms with E-state index in [1.807, 2.05) is 0 Å². The zero-order valence-electron chi connectivity index (χ0n) is 9.76. The van der Waals surface area contributed by atoms with Gasteiger partial charge in [0, 0.05) is 15.8 Å². The van der Waals surface area contributed by atoms with E-state index in [0.29, 0.717) is 18.5 Å². The number of anilines is 1. The van der Waals surface area contributed by atoms with Gasteiger partial charge in [0.05, 0.1) is 0 Å². The SMILES string of the molecule is Nc1ccc([SH](O)(=NC(=O)C(F)(F)F)C2CC2)cc1. The second-order valence-electron chi connectivity index (χ2n) is 4.38. The molecule has 8 heteroatoms. The second kappa shape index (κ2) is 4.61. The molecule has 0 saturated heterocycles. The van der Waals surface area contributed by atoms with Gasteiger partial charge in [-0.05, 0) is 37.1 Å². The number of nitrogens with two attached hydrogens (primary N) is 1. The van der Waals surface area contributed by atoms with Gasteiger partial charge in [-0.3, -0.25) is 4.79 Å². The monoisotopic (exact) mass is 294 g/mol. The number of hydrogen-bond acceptors (Lipinski definition) is 2. The van der Waals surface area contributed by atoms with Gasteiger partial charge in [-0.1, -0.05) is 10.1 Å². The van der Waals surface area contributed by atoms with Crippen molar-refractivity contribution in [3.63, 3.8) is 0 Å².